The molecule has 9 heteroatoms. The van der Waals surface area contributed by atoms with E-state index in [1.165, 1.54) is 13.0 Å². The molecule has 0 saturated carbocycles. The maximum atomic E-state index is 13.3. The van der Waals surface area contributed by atoms with Crippen LogP contribution in [0.1, 0.15) is 30.1 Å². The number of para-hydroxylation sites is 2. The second-order valence-corrected chi connectivity index (χ2v) is 7.08. The maximum absolute atomic E-state index is 13.3. The highest BCUT2D eigenvalue weighted by molar-refractivity contribution is 6.00. The molecule has 0 aliphatic carbocycles. The molecule has 0 aromatic heterocycles. The standard InChI is InChI=1S/C21H20F2N2O5/c1-13(20(26)15-6-7-16(22)17(23)12-15)30-21(27)14-8-10-24(11-9-14)18-4-2-3-5-19(18)25(28)29/h2-7,12-14H,8-11H2,1H3/t13-/m1/s1. The molecule has 1 fully saturated rings. The summed E-state index contributed by atoms with van der Waals surface area (Å²) < 4.78 is 31.6. The van der Waals surface area contributed by atoms with Gasteiger partial charge >= 0.3 is 5.97 Å². The van der Waals surface area contributed by atoms with Crippen molar-refractivity contribution in [2.24, 2.45) is 5.92 Å². The molecule has 1 heterocycles. The van der Waals surface area contributed by atoms with E-state index in [-0.39, 0.29) is 11.3 Å². The Balaban J connectivity index is 1.58. The highest BCUT2D eigenvalue weighted by Gasteiger charge is 2.31. The molecular formula is C21H20F2N2O5. The van der Waals surface area contributed by atoms with Crippen LogP contribution in [0, 0.1) is 27.7 Å². The van der Waals surface area contributed by atoms with Gasteiger partial charge in [-0.3, -0.25) is 19.7 Å². The van der Waals surface area contributed by atoms with Gasteiger partial charge < -0.3 is 9.64 Å². The minimum absolute atomic E-state index is 0.00396. The zero-order chi connectivity index (χ0) is 21.8. The Kier molecular flexibility index (Phi) is 6.39. The molecule has 3 rings (SSSR count). The molecule has 1 aliphatic rings. The molecule has 30 heavy (non-hydrogen) atoms. The fraction of sp³-hybridized carbons (Fsp3) is 0.333. The Morgan fingerprint density at radius 3 is 2.43 bits per heavy atom. The van der Waals surface area contributed by atoms with E-state index in [1.54, 1.807) is 18.2 Å². The van der Waals surface area contributed by atoms with E-state index >= 15 is 0 Å². The third-order valence-corrected chi connectivity index (χ3v) is 5.11. The van der Waals surface area contributed by atoms with Crippen molar-refractivity contribution in [3.05, 3.63) is 69.8 Å². The minimum atomic E-state index is -1.15. The van der Waals surface area contributed by atoms with Gasteiger partial charge in [0.05, 0.1) is 10.8 Å². The first-order valence-corrected chi connectivity index (χ1v) is 9.46. The summed E-state index contributed by atoms with van der Waals surface area (Å²) in [4.78, 5) is 37.4. The fourth-order valence-corrected chi connectivity index (χ4v) is 3.45. The molecule has 0 amide bonds. The number of piperidine rings is 1. The van der Waals surface area contributed by atoms with Gasteiger partial charge in [0.1, 0.15) is 5.69 Å². The van der Waals surface area contributed by atoms with Gasteiger partial charge in [-0.15, -0.1) is 0 Å². The van der Waals surface area contributed by atoms with E-state index in [1.807, 2.05) is 4.90 Å². The van der Waals surface area contributed by atoms with E-state index in [0.717, 1.165) is 18.2 Å². The number of anilines is 1. The van der Waals surface area contributed by atoms with E-state index in [0.29, 0.717) is 31.6 Å². The number of nitro groups is 1. The minimum Gasteiger partial charge on any atom is -0.454 e. The lowest BCUT2D eigenvalue weighted by Gasteiger charge is -2.32. The zero-order valence-corrected chi connectivity index (χ0v) is 16.2. The van der Waals surface area contributed by atoms with Gasteiger partial charge in [-0.2, -0.15) is 0 Å². The Hall–Kier alpha value is -3.36. The summed E-state index contributed by atoms with van der Waals surface area (Å²) in [7, 11) is 0. The van der Waals surface area contributed by atoms with Crippen molar-refractivity contribution in [3.63, 3.8) is 0 Å². The largest absolute Gasteiger partial charge is 0.454 e. The highest BCUT2D eigenvalue weighted by atomic mass is 19.2. The molecular weight excluding hydrogens is 398 g/mol. The van der Waals surface area contributed by atoms with Gasteiger partial charge in [-0.1, -0.05) is 12.1 Å². The summed E-state index contributed by atoms with van der Waals surface area (Å²) >= 11 is 0. The van der Waals surface area contributed by atoms with Crippen molar-refractivity contribution in [3.8, 4) is 0 Å². The average Bonchev–Trinajstić information content (AvgIpc) is 2.75. The number of ketones is 1. The molecule has 2 aromatic rings. The summed E-state index contributed by atoms with van der Waals surface area (Å²) in [5.74, 6) is -3.85. The van der Waals surface area contributed by atoms with E-state index in [9.17, 15) is 28.5 Å². The molecule has 0 spiro atoms. The third-order valence-electron chi connectivity index (χ3n) is 5.11. The van der Waals surface area contributed by atoms with Crippen molar-refractivity contribution < 1.29 is 28.0 Å². The first kappa shape index (κ1) is 21.4. The van der Waals surface area contributed by atoms with Crippen LogP contribution >= 0.6 is 0 Å². The second kappa shape index (κ2) is 8.98. The smallest absolute Gasteiger partial charge is 0.309 e. The number of nitrogens with zero attached hydrogens (tertiary/aromatic N) is 2. The Bertz CT molecular complexity index is 974. The number of ether oxygens (including phenoxy) is 1. The number of nitro benzene ring substituents is 1. The van der Waals surface area contributed by atoms with Crippen LogP contribution < -0.4 is 4.90 Å². The van der Waals surface area contributed by atoms with Gasteiger partial charge in [0, 0.05) is 24.7 Å². The second-order valence-electron chi connectivity index (χ2n) is 7.08. The van der Waals surface area contributed by atoms with Crippen LogP contribution in [0.4, 0.5) is 20.2 Å². The fourth-order valence-electron chi connectivity index (χ4n) is 3.45. The molecule has 0 radical (unpaired) electrons. The highest BCUT2D eigenvalue weighted by Crippen LogP contribution is 2.31. The average molecular weight is 418 g/mol. The van der Waals surface area contributed by atoms with Gasteiger partial charge in [-0.05, 0) is 44.0 Å². The van der Waals surface area contributed by atoms with Crippen LogP contribution in [0.25, 0.3) is 0 Å². The Morgan fingerprint density at radius 2 is 1.80 bits per heavy atom. The number of hydrogen-bond donors (Lipinski definition) is 0. The van der Waals surface area contributed by atoms with Gasteiger partial charge in [-0.25, -0.2) is 8.78 Å². The van der Waals surface area contributed by atoms with Gasteiger partial charge in [0.25, 0.3) is 5.69 Å². The van der Waals surface area contributed by atoms with Crippen molar-refractivity contribution >= 4 is 23.1 Å². The van der Waals surface area contributed by atoms with Crippen LogP contribution in [0.5, 0.6) is 0 Å². The molecule has 1 saturated heterocycles. The quantitative estimate of drug-likeness (QED) is 0.306. The monoisotopic (exact) mass is 418 g/mol. The van der Waals surface area contributed by atoms with Crippen molar-refractivity contribution in [1.29, 1.82) is 0 Å². The lowest BCUT2D eigenvalue weighted by Crippen LogP contribution is -2.38. The number of carbonyl (C=O) groups excluding carboxylic acids is 2. The maximum Gasteiger partial charge on any atom is 0.309 e. The van der Waals surface area contributed by atoms with E-state index < -0.39 is 40.3 Å². The number of rotatable bonds is 6. The number of esters is 1. The van der Waals surface area contributed by atoms with Crippen LogP contribution in [0.2, 0.25) is 0 Å². The molecule has 0 bridgehead atoms. The molecule has 1 aliphatic heterocycles. The first-order chi connectivity index (χ1) is 14.3. The topological polar surface area (TPSA) is 89.8 Å². The van der Waals surface area contributed by atoms with Gasteiger partial charge in [0.2, 0.25) is 5.78 Å². The van der Waals surface area contributed by atoms with Crippen molar-refractivity contribution in [2.75, 3.05) is 18.0 Å². The summed E-state index contributed by atoms with van der Waals surface area (Å²) in [5.41, 5.74) is 0.417. The third kappa shape index (κ3) is 4.61. The summed E-state index contributed by atoms with van der Waals surface area (Å²) in [6.45, 7) is 2.23. The lowest BCUT2D eigenvalue weighted by atomic mass is 9.96. The van der Waals surface area contributed by atoms with Crippen LogP contribution in [-0.4, -0.2) is 35.9 Å². The SMILES string of the molecule is C[C@@H](OC(=O)C1CCN(c2ccccc2[N+](=O)[O-])CC1)C(=O)c1ccc(F)c(F)c1. The van der Waals surface area contributed by atoms with Crippen molar-refractivity contribution in [1.82, 2.24) is 0 Å². The zero-order valence-electron chi connectivity index (χ0n) is 16.2. The van der Waals surface area contributed by atoms with Crippen LogP contribution in [0.15, 0.2) is 42.5 Å². The molecule has 0 unspecified atom stereocenters. The van der Waals surface area contributed by atoms with E-state index in [4.69, 9.17) is 4.74 Å². The summed E-state index contributed by atoms with van der Waals surface area (Å²) in [6.07, 6.45) is -0.316. The molecule has 2 aromatic carbocycles. The normalized spacial score (nSPS) is 15.5. The van der Waals surface area contributed by atoms with Crippen molar-refractivity contribution in [2.45, 2.75) is 25.9 Å². The van der Waals surface area contributed by atoms with Crippen LogP contribution in [-0.2, 0) is 9.53 Å². The number of carbonyl (C=O) groups is 2. The number of benzene rings is 2. The molecule has 1 atom stereocenters. The number of Topliss-reactive ketones (excluding diaryl/α,β-unsaturated/α-hetero) is 1. The lowest BCUT2D eigenvalue weighted by molar-refractivity contribution is -0.384. The molecule has 0 N–H and O–H groups in total. The molecule has 7 nitrogen and oxygen atoms in total. The first-order valence-electron chi connectivity index (χ1n) is 9.46. The Labute approximate surface area is 171 Å². The molecule has 158 valence electrons. The predicted octanol–water partition coefficient (Wildman–Crippen LogP) is 3.90. The van der Waals surface area contributed by atoms with Gasteiger partial charge in [0.15, 0.2) is 17.7 Å². The summed E-state index contributed by atoms with van der Waals surface area (Å²) in [6, 6.07) is 9.16. The number of halogens is 2. The summed E-state index contributed by atoms with van der Waals surface area (Å²) in [5, 5.41) is 11.2. The Morgan fingerprint density at radius 1 is 1.13 bits per heavy atom. The van der Waals surface area contributed by atoms with E-state index in [2.05, 4.69) is 0 Å². The predicted molar refractivity (Wildman–Crippen MR) is 104 cm³/mol. The van der Waals surface area contributed by atoms with Crippen LogP contribution in [0.3, 0.4) is 0 Å². The number of hydrogen-bond acceptors (Lipinski definition) is 6.